The van der Waals surface area contributed by atoms with Crippen molar-refractivity contribution in [2.24, 2.45) is 0 Å². The number of fused-ring (bicyclic) bond motifs is 1. The number of hydrogen-bond donors (Lipinski definition) is 0. The van der Waals surface area contributed by atoms with Gasteiger partial charge in [0.1, 0.15) is 0 Å². The Morgan fingerprint density at radius 1 is 0.750 bits per heavy atom. The van der Waals surface area contributed by atoms with Gasteiger partial charge in [0, 0.05) is 21.0 Å². The normalized spacial score (nSPS) is 10.9. The van der Waals surface area contributed by atoms with Crippen molar-refractivity contribution >= 4 is 26.8 Å². The van der Waals surface area contributed by atoms with Gasteiger partial charge in [-0.3, -0.25) is 0 Å². The second-order valence-electron chi connectivity index (χ2n) is 5.95. The summed E-state index contributed by atoms with van der Waals surface area (Å²) in [5, 5.41) is 1.18. The van der Waals surface area contributed by atoms with Gasteiger partial charge in [-0.25, -0.2) is 4.98 Å². The predicted molar refractivity (Wildman–Crippen MR) is 105 cm³/mol. The molecular weight excluding hydrogens is 358 g/mol. The molecule has 4 aromatic rings. The fraction of sp³-hybridized carbons (Fsp3) is 0.0455. The first-order chi connectivity index (χ1) is 11.7. The van der Waals surface area contributed by atoms with Gasteiger partial charge >= 0.3 is 0 Å². The predicted octanol–water partition coefficient (Wildman–Crippen LogP) is 6.64. The highest BCUT2D eigenvalue weighted by molar-refractivity contribution is 9.10. The van der Waals surface area contributed by atoms with E-state index in [9.17, 15) is 0 Å². The molecule has 0 fully saturated rings. The first-order valence-corrected chi connectivity index (χ1v) is 8.73. The quantitative estimate of drug-likeness (QED) is 0.383. The standard InChI is InChI=1S/C22H16BrN/c1-15-7-12-21-18(13-15)14-20(16-5-3-2-4-6-16)22(24-21)17-8-10-19(23)11-9-17/h2-14H,1H3. The zero-order valence-corrected chi connectivity index (χ0v) is 14.9. The number of aromatic nitrogens is 1. The van der Waals surface area contributed by atoms with Crippen LogP contribution in [0.25, 0.3) is 33.3 Å². The molecule has 1 nitrogen and oxygen atoms in total. The Hall–Kier alpha value is -2.45. The van der Waals surface area contributed by atoms with Gasteiger partial charge in [0.15, 0.2) is 0 Å². The SMILES string of the molecule is Cc1ccc2nc(-c3ccc(Br)cc3)c(-c3ccccc3)cc2c1. The van der Waals surface area contributed by atoms with Gasteiger partial charge in [-0.2, -0.15) is 0 Å². The van der Waals surface area contributed by atoms with Crippen LogP contribution in [0.1, 0.15) is 5.56 Å². The third-order valence-corrected chi connectivity index (χ3v) is 4.70. The third-order valence-electron chi connectivity index (χ3n) is 4.17. The molecular formula is C22H16BrN. The van der Waals surface area contributed by atoms with Crippen LogP contribution in [0.2, 0.25) is 0 Å². The number of pyridine rings is 1. The van der Waals surface area contributed by atoms with Crippen molar-refractivity contribution in [1.82, 2.24) is 4.98 Å². The summed E-state index contributed by atoms with van der Waals surface area (Å²) in [5.41, 5.74) is 6.77. The molecule has 0 unspecified atom stereocenters. The first kappa shape index (κ1) is 15.1. The van der Waals surface area contributed by atoms with Crippen LogP contribution in [0.4, 0.5) is 0 Å². The molecule has 0 N–H and O–H groups in total. The van der Waals surface area contributed by atoms with E-state index in [1.807, 2.05) is 6.07 Å². The fourth-order valence-corrected chi connectivity index (χ4v) is 3.23. The van der Waals surface area contributed by atoms with Crippen molar-refractivity contribution < 1.29 is 0 Å². The maximum absolute atomic E-state index is 4.98. The van der Waals surface area contributed by atoms with Crippen LogP contribution in [0, 0.1) is 6.92 Å². The minimum atomic E-state index is 1.02. The van der Waals surface area contributed by atoms with E-state index in [1.165, 1.54) is 16.5 Å². The molecule has 0 radical (unpaired) electrons. The summed E-state index contributed by atoms with van der Waals surface area (Å²) in [6, 6.07) is 27.5. The number of nitrogens with zero attached hydrogens (tertiary/aromatic N) is 1. The van der Waals surface area contributed by atoms with Crippen LogP contribution < -0.4 is 0 Å². The number of rotatable bonds is 2. The minimum absolute atomic E-state index is 1.02. The average molecular weight is 374 g/mol. The van der Waals surface area contributed by atoms with E-state index >= 15 is 0 Å². The molecule has 0 atom stereocenters. The van der Waals surface area contributed by atoms with Gasteiger partial charge in [0.25, 0.3) is 0 Å². The number of aryl methyl sites for hydroxylation is 1. The summed E-state index contributed by atoms with van der Waals surface area (Å²) in [7, 11) is 0. The van der Waals surface area contributed by atoms with Crippen molar-refractivity contribution in [2.75, 3.05) is 0 Å². The Morgan fingerprint density at radius 2 is 1.50 bits per heavy atom. The van der Waals surface area contributed by atoms with Gasteiger partial charge in [0.2, 0.25) is 0 Å². The Bertz CT molecular complexity index is 1010. The number of hydrogen-bond acceptors (Lipinski definition) is 1. The highest BCUT2D eigenvalue weighted by Gasteiger charge is 2.11. The van der Waals surface area contributed by atoms with Gasteiger partial charge in [0.05, 0.1) is 11.2 Å². The van der Waals surface area contributed by atoms with Crippen LogP contribution in [-0.4, -0.2) is 4.98 Å². The number of halogens is 1. The Labute approximate surface area is 150 Å². The maximum Gasteiger partial charge on any atom is 0.0788 e. The molecule has 1 aromatic heterocycles. The van der Waals surface area contributed by atoms with Crippen LogP contribution in [-0.2, 0) is 0 Å². The summed E-state index contributed by atoms with van der Waals surface area (Å²) in [4.78, 5) is 4.98. The van der Waals surface area contributed by atoms with Crippen LogP contribution in [0.5, 0.6) is 0 Å². The molecule has 4 rings (SSSR count). The molecule has 0 aliphatic heterocycles. The van der Waals surface area contributed by atoms with Gasteiger partial charge in [-0.05, 0) is 42.8 Å². The second-order valence-corrected chi connectivity index (χ2v) is 6.87. The molecule has 0 spiro atoms. The van der Waals surface area contributed by atoms with Crippen molar-refractivity contribution in [3.63, 3.8) is 0 Å². The van der Waals surface area contributed by atoms with E-state index in [1.54, 1.807) is 0 Å². The molecule has 0 bridgehead atoms. The molecule has 0 aliphatic rings. The van der Waals surface area contributed by atoms with Gasteiger partial charge in [-0.15, -0.1) is 0 Å². The Morgan fingerprint density at radius 3 is 2.25 bits per heavy atom. The van der Waals surface area contributed by atoms with E-state index in [0.717, 1.165) is 26.8 Å². The highest BCUT2D eigenvalue weighted by Crippen LogP contribution is 2.34. The molecule has 116 valence electrons. The maximum atomic E-state index is 4.98. The molecule has 24 heavy (non-hydrogen) atoms. The van der Waals surface area contributed by atoms with Crippen molar-refractivity contribution in [3.8, 4) is 22.4 Å². The smallest absolute Gasteiger partial charge is 0.0788 e. The van der Waals surface area contributed by atoms with Crippen molar-refractivity contribution in [2.45, 2.75) is 6.92 Å². The van der Waals surface area contributed by atoms with E-state index in [2.05, 4.69) is 95.7 Å². The molecule has 0 saturated heterocycles. The lowest BCUT2D eigenvalue weighted by molar-refractivity contribution is 1.38. The molecule has 1 heterocycles. The zero-order chi connectivity index (χ0) is 16.5. The molecule has 2 heteroatoms. The van der Waals surface area contributed by atoms with Crippen LogP contribution in [0.3, 0.4) is 0 Å². The van der Waals surface area contributed by atoms with E-state index in [4.69, 9.17) is 4.98 Å². The van der Waals surface area contributed by atoms with Crippen LogP contribution in [0.15, 0.2) is 83.3 Å². The van der Waals surface area contributed by atoms with Crippen LogP contribution >= 0.6 is 15.9 Å². The lowest BCUT2D eigenvalue weighted by atomic mass is 9.97. The minimum Gasteiger partial charge on any atom is -0.247 e. The molecule has 0 saturated carbocycles. The summed E-state index contributed by atoms with van der Waals surface area (Å²) in [6.45, 7) is 2.12. The van der Waals surface area contributed by atoms with E-state index < -0.39 is 0 Å². The zero-order valence-electron chi connectivity index (χ0n) is 13.3. The van der Waals surface area contributed by atoms with Crippen molar-refractivity contribution in [3.05, 3.63) is 88.9 Å². The highest BCUT2D eigenvalue weighted by atomic mass is 79.9. The lowest BCUT2D eigenvalue weighted by Crippen LogP contribution is -1.91. The lowest BCUT2D eigenvalue weighted by Gasteiger charge is -2.12. The summed E-state index contributed by atoms with van der Waals surface area (Å²) >= 11 is 3.51. The van der Waals surface area contributed by atoms with Gasteiger partial charge < -0.3 is 0 Å². The fourth-order valence-electron chi connectivity index (χ4n) is 2.96. The number of benzene rings is 3. The summed E-state index contributed by atoms with van der Waals surface area (Å²) < 4.78 is 1.07. The topological polar surface area (TPSA) is 12.9 Å². The Balaban J connectivity index is 2.02. The van der Waals surface area contributed by atoms with E-state index in [-0.39, 0.29) is 0 Å². The van der Waals surface area contributed by atoms with Crippen molar-refractivity contribution in [1.29, 1.82) is 0 Å². The van der Waals surface area contributed by atoms with E-state index in [0.29, 0.717) is 0 Å². The summed E-state index contributed by atoms with van der Waals surface area (Å²) in [5.74, 6) is 0. The molecule has 0 amide bonds. The Kier molecular flexibility index (Phi) is 3.91. The first-order valence-electron chi connectivity index (χ1n) is 7.93. The largest absolute Gasteiger partial charge is 0.247 e. The second kappa shape index (κ2) is 6.21. The molecule has 3 aromatic carbocycles. The van der Waals surface area contributed by atoms with Gasteiger partial charge in [-0.1, -0.05) is 70.0 Å². The monoisotopic (exact) mass is 373 g/mol. The average Bonchev–Trinajstić information content (AvgIpc) is 2.62. The third kappa shape index (κ3) is 2.85. The summed E-state index contributed by atoms with van der Waals surface area (Å²) in [6.07, 6.45) is 0. The molecule has 0 aliphatic carbocycles.